The number of β-lactam (4-membered cyclic amide) rings is 1. The van der Waals surface area contributed by atoms with Gasteiger partial charge in [0.15, 0.2) is 5.78 Å². The molecule has 1 N–H and O–H groups in total. The number of aliphatic hydroxyl groups is 1. The van der Waals surface area contributed by atoms with Crippen molar-refractivity contribution in [2.24, 2.45) is 5.92 Å². The Morgan fingerprint density at radius 2 is 2.00 bits per heavy atom. The lowest BCUT2D eigenvalue weighted by Crippen LogP contribution is -2.64. The zero-order valence-electron chi connectivity index (χ0n) is 14.7. The molecule has 1 aliphatic carbocycles. The van der Waals surface area contributed by atoms with Crippen LogP contribution in [0.4, 0.5) is 0 Å². The van der Waals surface area contributed by atoms with Crippen LogP contribution in [0, 0.1) is 5.92 Å². The van der Waals surface area contributed by atoms with E-state index in [1.165, 1.54) is 7.11 Å². The summed E-state index contributed by atoms with van der Waals surface area (Å²) in [6.45, 7) is 0.0114. The molecule has 0 spiro atoms. The van der Waals surface area contributed by atoms with Crippen LogP contribution >= 0.6 is 0 Å². The molecule has 1 aromatic carbocycles. The molecule has 1 aliphatic heterocycles. The maximum absolute atomic E-state index is 12.5. The fourth-order valence-corrected chi connectivity index (χ4v) is 3.69. The van der Waals surface area contributed by atoms with Crippen molar-refractivity contribution in [2.45, 2.75) is 50.7 Å². The van der Waals surface area contributed by atoms with E-state index in [2.05, 4.69) is 0 Å². The van der Waals surface area contributed by atoms with Crippen LogP contribution in [-0.2, 0) is 30.5 Å². The first kappa shape index (κ1) is 18.5. The molecule has 1 aromatic rings. The highest BCUT2D eigenvalue weighted by atomic mass is 16.6. The smallest absolute Gasteiger partial charge is 0.356 e. The molecule has 0 bridgehead atoms. The number of carbonyl (C=O) groups excluding carboxylic acids is 3. The minimum atomic E-state index is -1.69. The number of benzene rings is 1. The number of carbonyl (C=O) groups is 3. The Balaban J connectivity index is 1.62. The number of aliphatic hydroxyl groups excluding tert-OH is 1. The number of esters is 1. The number of ketones is 1. The van der Waals surface area contributed by atoms with Gasteiger partial charge in [-0.1, -0.05) is 30.3 Å². The number of ether oxygens (including phenoxy) is 2. The molecule has 140 valence electrons. The predicted molar refractivity (Wildman–Crippen MR) is 90.6 cm³/mol. The summed E-state index contributed by atoms with van der Waals surface area (Å²) in [6, 6.07) is 8.58. The summed E-state index contributed by atoms with van der Waals surface area (Å²) in [7, 11) is 1.49. The topological polar surface area (TPSA) is 93.1 Å². The maximum Gasteiger partial charge on any atom is 0.356 e. The lowest BCUT2D eigenvalue weighted by atomic mass is 9.76. The molecule has 1 amide bonds. The Labute approximate surface area is 151 Å². The van der Waals surface area contributed by atoms with Gasteiger partial charge in [-0.05, 0) is 24.8 Å². The minimum absolute atomic E-state index is 0.0114. The van der Waals surface area contributed by atoms with Crippen molar-refractivity contribution < 1.29 is 29.0 Å². The molecule has 2 fully saturated rings. The second kappa shape index (κ2) is 7.97. The van der Waals surface area contributed by atoms with E-state index in [0.717, 1.165) is 16.9 Å². The Morgan fingerprint density at radius 3 is 2.65 bits per heavy atom. The highest BCUT2D eigenvalue weighted by Gasteiger charge is 2.50. The molecular weight excluding hydrogens is 338 g/mol. The third-order valence-corrected chi connectivity index (χ3v) is 5.14. The predicted octanol–water partition coefficient (Wildman–Crippen LogP) is 1.03. The van der Waals surface area contributed by atoms with Crippen LogP contribution in [0.5, 0.6) is 0 Å². The molecule has 3 rings (SSSR count). The minimum Gasteiger partial charge on any atom is -0.457 e. The summed E-state index contributed by atoms with van der Waals surface area (Å²) >= 11 is 0. The van der Waals surface area contributed by atoms with E-state index in [-0.39, 0.29) is 24.7 Å². The Bertz CT molecular complexity index is 676. The van der Waals surface area contributed by atoms with Crippen LogP contribution in [0.15, 0.2) is 30.3 Å². The first-order valence-electron chi connectivity index (χ1n) is 8.79. The van der Waals surface area contributed by atoms with E-state index in [4.69, 9.17) is 9.47 Å². The lowest BCUT2D eigenvalue weighted by molar-refractivity contribution is -0.189. The number of nitrogens with zero attached hydrogens (tertiary/aromatic N) is 1. The SMILES string of the molecule is CO[C@H]1CCC[C@H]([C@@H]2CC(=O)N2C(O)C(=O)OCc2ccccc2)C1=O. The number of hydrogen-bond donors (Lipinski definition) is 1. The van der Waals surface area contributed by atoms with Gasteiger partial charge >= 0.3 is 5.97 Å². The normalized spacial score (nSPS) is 27.0. The first-order valence-corrected chi connectivity index (χ1v) is 8.79. The van der Waals surface area contributed by atoms with Crippen LogP contribution in [0.1, 0.15) is 31.2 Å². The van der Waals surface area contributed by atoms with Crippen molar-refractivity contribution in [3.8, 4) is 0 Å². The van der Waals surface area contributed by atoms with Gasteiger partial charge in [0.05, 0.1) is 6.04 Å². The molecule has 1 unspecified atom stereocenters. The molecule has 1 saturated heterocycles. The fourth-order valence-electron chi connectivity index (χ4n) is 3.69. The van der Waals surface area contributed by atoms with Gasteiger partial charge < -0.3 is 19.5 Å². The van der Waals surface area contributed by atoms with Crippen molar-refractivity contribution in [3.63, 3.8) is 0 Å². The van der Waals surface area contributed by atoms with Gasteiger partial charge in [-0.3, -0.25) is 9.59 Å². The van der Waals surface area contributed by atoms with Crippen molar-refractivity contribution in [2.75, 3.05) is 7.11 Å². The van der Waals surface area contributed by atoms with Gasteiger partial charge in [0.2, 0.25) is 12.1 Å². The Morgan fingerprint density at radius 1 is 1.27 bits per heavy atom. The second-order valence-corrected chi connectivity index (χ2v) is 6.70. The fraction of sp³-hybridized carbons (Fsp3) is 0.526. The van der Waals surface area contributed by atoms with Gasteiger partial charge in [0.1, 0.15) is 12.7 Å². The standard InChI is InChI=1S/C19H23NO6/c1-25-15-9-5-8-13(17(15)22)14-10-16(21)20(14)18(23)19(24)26-11-12-6-3-2-4-7-12/h2-4,6-7,13-15,18,23H,5,8-11H2,1H3/t13-,14+,15+,18?/m1/s1. The number of hydrogen-bond acceptors (Lipinski definition) is 6. The molecule has 7 nitrogen and oxygen atoms in total. The summed E-state index contributed by atoms with van der Waals surface area (Å²) in [5.41, 5.74) is 0.782. The van der Waals surface area contributed by atoms with Crippen LogP contribution in [0.3, 0.4) is 0 Å². The molecule has 26 heavy (non-hydrogen) atoms. The van der Waals surface area contributed by atoms with Crippen LogP contribution in [-0.4, -0.2) is 53.1 Å². The third kappa shape index (κ3) is 3.64. The van der Waals surface area contributed by atoms with Gasteiger partial charge in [-0.25, -0.2) is 4.79 Å². The average Bonchev–Trinajstić information content (AvgIpc) is 2.65. The zero-order valence-corrected chi connectivity index (χ0v) is 14.7. The summed E-state index contributed by atoms with van der Waals surface area (Å²) in [5, 5.41) is 10.3. The summed E-state index contributed by atoms with van der Waals surface area (Å²) in [4.78, 5) is 37.7. The van der Waals surface area contributed by atoms with Crippen molar-refractivity contribution in [1.29, 1.82) is 0 Å². The van der Waals surface area contributed by atoms with Gasteiger partial charge in [0, 0.05) is 19.4 Å². The molecule has 4 atom stereocenters. The number of methoxy groups -OCH3 is 1. The molecular formula is C19H23NO6. The molecule has 7 heteroatoms. The first-order chi connectivity index (χ1) is 12.5. The van der Waals surface area contributed by atoms with Crippen LogP contribution < -0.4 is 0 Å². The largest absolute Gasteiger partial charge is 0.457 e. The van der Waals surface area contributed by atoms with E-state index in [1.807, 2.05) is 18.2 Å². The number of Topliss-reactive ketones (excluding diaryl/α,β-unsaturated/α-hetero) is 1. The van der Waals surface area contributed by atoms with Gasteiger partial charge in [-0.2, -0.15) is 0 Å². The maximum atomic E-state index is 12.5. The molecule has 1 heterocycles. The summed E-state index contributed by atoms with van der Waals surface area (Å²) in [5.74, 6) is -1.72. The van der Waals surface area contributed by atoms with Crippen molar-refractivity contribution in [3.05, 3.63) is 35.9 Å². The Kier molecular flexibility index (Phi) is 5.68. The average molecular weight is 361 g/mol. The quantitative estimate of drug-likeness (QED) is 0.601. The van der Waals surface area contributed by atoms with Gasteiger partial charge in [-0.15, -0.1) is 0 Å². The molecule has 0 aromatic heterocycles. The van der Waals surface area contributed by atoms with Gasteiger partial charge in [0.25, 0.3) is 0 Å². The Hall–Kier alpha value is -2.25. The van der Waals surface area contributed by atoms with E-state index in [0.29, 0.717) is 12.8 Å². The number of rotatable bonds is 6. The summed E-state index contributed by atoms with van der Waals surface area (Å²) in [6.07, 6.45) is 0.0690. The van der Waals surface area contributed by atoms with E-state index >= 15 is 0 Å². The second-order valence-electron chi connectivity index (χ2n) is 6.70. The highest BCUT2D eigenvalue weighted by Crippen LogP contribution is 2.35. The van der Waals surface area contributed by atoms with E-state index in [1.54, 1.807) is 12.1 Å². The van der Waals surface area contributed by atoms with Crippen LogP contribution in [0.2, 0.25) is 0 Å². The summed E-state index contributed by atoms with van der Waals surface area (Å²) < 4.78 is 10.3. The van der Waals surface area contributed by atoms with Crippen molar-refractivity contribution in [1.82, 2.24) is 4.90 Å². The van der Waals surface area contributed by atoms with E-state index < -0.39 is 30.3 Å². The lowest BCUT2D eigenvalue weighted by Gasteiger charge is -2.47. The van der Waals surface area contributed by atoms with E-state index in [9.17, 15) is 19.5 Å². The highest BCUT2D eigenvalue weighted by molar-refractivity contribution is 5.93. The zero-order chi connectivity index (χ0) is 18.7. The monoisotopic (exact) mass is 361 g/mol. The third-order valence-electron chi connectivity index (χ3n) is 5.14. The molecule has 1 saturated carbocycles. The number of amides is 1. The van der Waals surface area contributed by atoms with Crippen LogP contribution in [0.25, 0.3) is 0 Å². The molecule has 2 aliphatic rings. The van der Waals surface area contributed by atoms with Crippen molar-refractivity contribution >= 4 is 17.7 Å². The molecule has 0 radical (unpaired) electrons. The number of likely N-dealkylation sites (tertiary alicyclic amines) is 1.